The molecular formula is C14H17N3. The highest BCUT2D eigenvalue weighted by Crippen LogP contribution is 2.20. The molecule has 3 nitrogen and oxygen atoms in total. The van der Waals surface area contributed by atoms with Crippen molar-refractivity contribution in [2.24, 2.45) is 0 Å². The molecule has 0 amide bonds. The topological polar surface area (TPSA) is 37.8 Å². The van der Waals surface area contributed by atoms with Crippen LogP contribution in [0.4, 0.5) is 5.82 Å². The molecule has 0 saturated carbocycles. The van der Waals surface area contributed by atoms with E-state index in [0.29, 0.717) is 0 Å². The number of hydrogen-bond acceptors (Lipinski definition) is 3. The average Bonchev–Trinajstić information content (AvgIpc) is 2.28. The van der Waals surface area contributed by atoms with E-state index in [2.05, 4.69) is 47.3 Å². The maximum Gasteiger partial charge on any atom is 0.145 e. The van der Waals surface area contributed by atoms with Crippen molar-refractivity contribution < 1.29 is 0 Å². The molecule has 1 N–H and O–H groups in total. The SMILES string of the molecule is CCNc1cncc(-c2cc(C)cc(C)c2)n1. The summed E-state index contributed by atoms with van der Waals surface area (Å²) >= 11 is 0. The molecule has 0 bridgehead atoms. The van der Waals surface area contributed by atoms with E-state index in [9.17, 15) is 0 Å². The van der Waals surface area contributed by atoms with Crippen LogP contribution in [0.2, 0.25) is 0 Å². The molecule has 1 aromatic heterocycles. The van der Waals surface area contributed by atoms with Gasteiger partial charge in [0.1, 0.15) is 5.82 Å². The Morgan fingerprint density at radius 2 is 1.76 bits per heavy atom. The molecule has 0 aliphatic rings. The van der Waals surface area contributed by atoms with Crippen LogP contribution in [-0.4, -0.2) is 16.5 Å². The van der Waals surface area contributed by atoms with E-state index < -0.39 is 0 Å². The fourth-order valence-electron chi connectivity index (χ4n) is 1.89. The summed E-state index contributed by atoms with van der Waals surface area (Å²) in [7, 11) is 0. The first kappa shape index (κ1) is 11.6. The lowest BCUT2D eigenvalue weighted by atomic mass is 10.1. The quantitative estimate of drug-likeness (QED) is 0.875. The number of rotatable bonds is 3. The lowest BCUT2D eigenvalue weighted by Gasteiger charge is -2.06. The molecule has 17 heavy (non-hydrogen) atoms. The van der Waals surface area contributed by atoms with Gasteiger partial charge in [-0.1, -0.05) is 17.2 Å². The second kappa shape index (κ2) is 4.95. The van der Waals surface area contributed by atoms with Gasteiger partial charge in [-0.15, -0.1) is 0 Å². The Kier molecular flexibility index (Phi) is 3.38. The lowest BCUT2D eigenvalue weighted by molar-refractivity contribution is 1.12. The van der Waals surface area contributed by atoms with Crippen LogP contribution in [0, 0.1) is 13.8 Å². The standard InChI is InChI=1S/C14H17N3/c1-4-16-14-9-15-8-13(17-14)12-6-10(2)5-11(3)7-12/h5-9H,4H2,1-3H3,(H,16,17). The summed E-state index contributed by atoms with van der Waals surface area (Å²) < 4.78 is 0. The zero-order chi connectivity index (χ0) is 12.3. The lowest BCUT2D eigenvalue weighted by Crippen LogP contribution is -2.00. The highest BCUT2D eigenvalue weighted by molar-refractivity contribution is 5.61. The summed E-state index contributed by atoms with van der Waals surface area (Å²) in [5.74, 6) is 0.823. The molecule has 1 heterocycles. The minimum absolute atomic E-state index is 0.823. The number of nitrogens with zero attached hydrogens (tertiary/aromatic N) is 2. The predicted octanol–water partition coefficient (Wildman–Crippen LogP) is 3.19. The Balaban J connectivity index is 2.41. The summed E-state index contributed by atoms with van der Waals surface area (Å²) in [4.78, 5) is 8.76. The monoisotopic (exact) mass is 227 g/mol. The van der Waals surface area contributed by atoms with Crippen LogP contribution in [0.1, 0.15) is 18.1 Å². The fraction of sp³-hybridized carbons (Fsp3) is 0.286. The Bertz CT molecular complexity index is 500. The summed E-state index contributed by atoms with van der Waals surface area (Å²) in [6.45, 7) is 7.09. The first-order valence-corrected chi connectivity index (χ1v) is 5.83. The Hall–Kier alpha value is -1.90. The predicted molar refractivity (Wildman–Crippen MR) is 71.1 cm³/mol. The smallest absolute Gasteiger partial charge is 0.145 e. The minimum atomic E-state index is 0.823. The third kappa shape index (κ3) is 2.81. The minimum Gasteiger partial charge on any atom is -0.369 e. The van der Waals surface area contributed by atoms with Crippen molar-refractivity contribution in [3.8, 4) is 11.3 Å². The van der Waals surface area contributed by atoms with Gasteiger partial charge in [-0.05, 0) is 32.9 Å². The largest absolute Gasteiger partial charge is 0.369 e. The molecule has 0 saturated heterocycles. The number of anilines is 1. The van der Waals surface area contributed by atoms with Crippen molar-refractivity contribution >= 4 is 5.82 Å². The Labute approximate surface area is 102 Å². The van der Waals surface area contributed by atoms with Crippen LogP contribution in [0.15, 0.2) is 30.6 Å². The zero-order valence-electron chi connectivity index (χ0n) is 10.5. The Morgan fingerprint density at radius 3 is 2.41 bits per heavy atom. The normalized spacial score (nSPS) is 10.3. The van der Waals surface area contributed by atoms with Gasteiger partial charge in [0.2, 0.25) is 0 Å². The van der Waals surface area contributed by atoms with Crippen molar-refractivity contribution in [1.82, 2.24) is 9.97 Å². The second-order valence-electron chi connectivity index (χ2n) is 4.20. The zero-order valence-corrected chi connectivity index (χ0v) is 10.5. The average molecular weight is 227 g/mol. The van der Waals surface area contributed by atoms with E-state index in [1.165, 1.54) is 11.1 Å². The van der Waals surface area contributed by atoms with Crippen LogP contribution in [-0.2, 0) is 0 Å². The van der Waals surface area contributed by atoms with E-state index >= 15 is 0 Å². The van der Waals surface area contributed by atoms with Gasteiger partial charge >= 0.3 is 0 Å². The van der Waals surface area contributed by atoms with Crippen molar-refractivity contribution in [3.63, 3.8) is 0 Å². The van der Waals surface area contributed by atoms with E-state index in [1.807, 2.05) is 6.92 Å². The van der Waals surface area contributed by atoms with Crippen molar-refractivity contribution in [1.29, 1.82) is 0 Å². The van der Waals surface area contributed by atoms with Gasteiger partial charge < -0.3 is 5.32 Å². The molecule has 0 fully saturated rings. The number of aryl methyl sites for hydroxylation is 2. The summed E-state index contributed by atoms with van der Waals surface area (Å²) in [5, 5.41) is 3.17. The summed E-state index contributed by atoms with van der Waals surface area (Å²) in [6.07, 6.45) is 3.55. The number of aromatic nitrogens is 2. The van der Waals surface area contributed by atoms with Crippen LogP contribution >= 0.6 is 0 Å². The summed E-state index contributed by atoms with van der Waals surface area (Å²) in [5.41, 5.74) is 4.52. The second-order valence-corrected chi connectivity index (χ2v) is 4.20. The molecule has 0 aliphatic carbocycles. The molecule has 0 spiro atoms. The van der Waals surface area contributed by atoms with Gasteiger partial charge in [-0.3, -0.25) is 4.98 Å². The van der Waals surface area contributed by atoms with Gasteiger partial charge in [0.05, 0.1) is 18.1 Å². The molecule has 0 atom stereocenters. The molecule has 88 valence electrons. The molecule has 0 radical (unpaired) electrons. The van der Waals surface area contributed by atoms with Crippen LogP contribution in [0.25, 0.3) is 11.3 Å². The van der Waals surface area contributed by atoms with E-state index in [1.54, 1.807) is 12.4 Å². The molecule has 1 aromatic carbocycles. The molecular weight excluding hydrogens is 210 g/mol. The number of benzene rings is 1. The molecule has 0 aliphatic heterocycles. The molecule has 2 aromatic rings. The van der Waals surface area contributed by atoms with Gasteiger partial charge in [0.25, 0.3) is 0 Å². The number of nitrogens with one attached hydrogen (secondary N) is 1. The van der Waals surface area contributed by atoms with Gasteiger partial charge in [0.15, 0.2) is 0 Å². The summed E-state index contributed by atoms with van der Waals surface area (Å²) in [6, 6.07) is 6.42. The van der Waals surface area contributed by atoms with Crippen molar-refractivity contribution in [2.75, 3.05) is 11.9 Å². The number of hydrogen-bond donors (Lipinski definition) is 1. The highest BCUT2D eigenvalue weighted by Gasteiger charge is 2.03. The van der Waals surface area contributed by atoms with Crippen LogP contribution < -0.4 is 5.32 Å². The molecule has 2 rings (SSSR count). The third-order valence-corrected chi connectivity index (χ3v) is 2.51. The van der Waals surface area contributed by atoms with E-state index in [4.69, 9.17) is 0 Å². The van der Waals surface area contributed by atoms with Crippen LogP contribution in [0.5, 0.6) is 0 Å². The van der Waals surface area contributed by atoms with E-state index in [0.717, 1.165) is 23.6 Å². The maximum absolute atomic E-state index is 4.54. The van der Waals surface area contributed by atoms with Gasteiger partial charge in [-0.25, -0.2) is 4.98 Å². The highest BCUT2D eigenvalue weighted by atomic mass is 15.0. The van der Waals surface area contributed by atoms with E-state index in [-0.39, 0.29) is 0 Å². The fourth-order valence-corrected chi connectivity index (χ4v) is 1.89. The first-order valence-electron chi connectivity index (χ1n) is 5.83. The Morgan fingerprint density at radius 1 is 1.06 bits per heavy atom. The van der Waals surface area contributed by atoms with Gasteiger partial charge in [0, 0.05) is 12.1 Å². The maximum atomic E-state index is 4.54. The van der Waals surface area contributed by atoms with Crippen molar-refractivity contribution in [2.45, 2.75) is 20.8 Å². The first-order chi connectivity index (χ1) is 8.19. The molecule has 0 unspecified atom stereocenters. The van der Waals surface area contributed by atoms with Crippen molar-refractivity contribution in [3.05, 3.63) is 41.7 Å². The third-order valence-electron chi connectivity index (χ3n) is 2.51. The van der Waals surface area contributed by atoms with Gasteiger partial charge in [-0.2, -0.15) is 0 Å². The van der Waals surface area contributed by atoms with Crippen LogP contribution in [0.3, 0.4) is 0 Å². The molecule has 3 heteroatoms.